The molecule has 30 valence electrons. The van der Waals surface area contributed by atoms with Crippen molar-refractivity contribution >= 4 is 17.4 Å². The third-order valence-corrected chi connectivity index (χ3v) is 0. The molecule has 0 aromatic carbocycles. The number of rotatable bonds is 0. The predicted molar refractivity (Wildman–Crippen MR) is 9.94 cm³/mol. The molecule has 0 nitrogen and oxygen atoms in total. The molecule has 0 N–H and O–H groups in total. The van der Waals surface area contributed by atoms with Gasteiger partial charge in [0, 0.05) is 63.4 Å². The van der Waals surface area contributed by atoms with Crippen molar-refractivity contribution in [3.05, 3.63) is 0 Å². The maximum Gasteiger partial charge on any atom is 0.187 e. The van der Waals surface area contributed by atoms with Gasteiger partial charge in [-0.2, -0.15) is 0 Å². The zero-order valence-electron chi connectivity index (χ0n) is 1.13. The summed E-state index contributed by atoms with van der Waals surface area (Å²) < 4.78 is 0. The molecule has 0 saturated heterocycles. The van der Waals surface area contributed by atoms with Gasteiger partial charge in [0.2, 0.25) is 0 Å². The SMILES string of the molecule is [AlH3].[Hf].[Ni].[Pt]. The van der Waals surface area contributed by atoms with Crippen molar-refractivity contribution in [3.63, 3.8) is 0 Å². The molecule has 0 saturated carbocycles. The second-order valence-electron chi connectivity index (χ2n) is 0. The monoisotopic (exact) mass is 463 g/mol. The van der Waals surface area contributed by atoms with Gasteiger partial charge in [0.1, 0.15) is 0 Å². The smallest absolute Gasteiger partial charge is 0 e. The van der Waals surface area contributed by atoms with Crippen LogP contribution in [0.25, 0.3) is 0 Å². The quantitative estimate of drug-likeness (QED) is 0.398. The van der Waals surface area contributed by atoms with Crippen molar-refractivity contribution in [3.8, 4) is 0 Å². The van der Waals surface area contributed by atoms with E-state index in [2.05, 4.69) is 0 Å². The fraction of sp³-hybridized carbons (Fsp3) is 0. The molecule has 0 heterocycles. The fourth-order valence-electron chi connectivity index (χ4n) is 0. The molecule has 0 bridgehead atoms. The molecule has 0 aromatic heterocycles. The summed E-state index contributed by atoms with van der Waals surface area (Å²) in [5, 5.41) is 0. The summed E-state index contributed by atoms with van der Waals surface area (Å²) in [6, 6.07) is 0. The molecule has 0 aliphatic heterocycles. The third-order valence-electron chi connectivity index (χ3n) is 0. The van der Waals surface area contributed by atoms with Crippen LogP contribution in [0.15, 0.2) is 0 Å². The van der Waals surface area contributed by atoms with Crippen LogP contribution in [0.5, 0.6) is 0 Å². The summed E-state index contributed by atoms with van der Waals surface area (Å²) >= 11 is 0. The van der Waals surface area contributed by atoms with Crippen LogP contribution in [0.1, 0.15) is 0 Å². The third kappa shape index (κ3) is 8.82. The Morgan fingerprint density at radius 1 is 1.00 bits per heavy atom. The van der Waals surface area contributed by atoms with Crippen molar-refractivity contribution in [2.45, 2.75) is 0 Å². The van der Waals surface area contributed by atoms with Gasteiger partial charge >= 0.3 is 0 Å². The minimum absolute atomic E-state index is 0. The first-order valence-corrected chi connectivity index (χ1v) is 0. The van der Waals surface area contributed by atoms with Gasteiger partial charge in [0.25, 0.3) is 0 Å². The number of hydrogen-bond donors (Lipinski definition) is 0. The maximum atomic E-state index is 0. The minimum atomic E-state index is 0. The maximum absolute atomic E-state index is 0. The molecular formula is H3AlHfNiPt. The van der Waals surface area contributed by atoms with Crippen LogP contribution in [0.4, 0.5) is 0 Å². The molecule has 0 unspecified atom stereocenters. The molecule has 0 spiro atoms. The summed E-state index contributed by atoms with van der Waals surface area (Å²) in [7, 11) is 0. The first kappa shape index (κ1) is 30.7. The molecule has 4 heavy (non-hydrogen) atoms. The van der Waals surface area contributed by atoms with Gasteiger partial charge in [0.05, 0.1) is 0 Å². The van der Waals surface area contributed by atoms with Crippen LogP contribution in [-0.2, 0) is 63.4 Å². The molecule has 0 aliphatic carbocycles. The Balaban J connectivity index is 0. The molecule has 4 heteroatoms. The van der Waals surface area contributed by atoms with Gasteiger partial charge in [-0.05, 0) is 0 Å². The van der Waals surface area contributed by atoms with Crippen LogP contribution >= 0.6 is 0 Å². The Hall–Kier alpha value is 2.58. The molecule has 0 aromatic rings. The van der Waals surface area contributed by atoms with Crippen LogP contribution in [0.2, 0.25) is 0 Å². The molecular weight excluding hydrogens is 459 g/mol. The van der Waals surface area contributed by atoms with Gasteiger partial charge in [0.15, 0.2) is 17.4 Å². The predicted octanol–water partition coefficient (Wildman–Crippen LogP) is -1.19. The largest absolute Gasteiger partial charge is 0.187 e. The zero-order chi connectivity index (χ0) is 0. The Morgan fingerprint density at radius 3 is 1.00 bits per heavy atom. The average molecular weight is 462 g/mol. The van der Waals surface area contributed by atoms with E-state index in [-0.39, 0.29) is 80.8 Å². The van der Waals surface area contributed by atoms with Crippen LogP contribution in [0.3, 0.4) is 0 Å². The van der Waals surface area contributed by atoms with Gasteiger partial charge in [-0.25, -0.2) is 0 Å². The van der Waals surface area contributed by atoms with Crippen molar-refractivity contribution in [1.82, 2.24) is 0 Å². The van der Waals surface area contributed by atoms with Crippen molar-refractivity contribution in [2.24, 2.45) is 0 Å². The summed E-state index contributed by atoms with van der Waals surface area (Å²) in [5.41, 5.74) is 0. The van der Waals surface area contributed by atoms with Crippen molar-refractivity contribution in [2.75, 3.05) is 0 Å². The Labute approximate surface area is 79.6 Å². The van der Waals surface area contributed by atoms with Crippen LogP contribution in [0, 0.1) is 0 Å². The molecule has 0 atom stereocenters. The summed E-state index contributed by atoms with van der Waals surface area (Å²) in [6.07, 6.45) is 0. The Morgan fingerprint density at radius 2 is 1.00 bits per heavy atom. The molecule has 0 aliphatic rings. The first-order valence-electron chi connectivity index (χ1n) is 0. The summed E-state index contributed by atoms with van der Waals surface area (Å²) in [4.78, 5) is 0. The van der Waals surface area contributed by atoms with E-state index in [1.165, 1.54) is 0 Å². The second-order valence-corrected chi connectivity index (χ2v) is 0. The second kappa shape index (κ2) is 17.6. The normalized spacial score (nSPS) is 0. The van der Waals surface area contributed by atoms with E-state index in [1.807, 2.05) is 0 Å². The summed E-state index contributed by atoms with van der Waals surface area (Å²) in [5.74, 6) is 0. The van der Waals surface area contributed by atoms with Crippen molar-refractivity contribution in [1.29, 1.82) is 0 Å². The van der Waals surface area contributed by atoms with E-state index in [4.69, 9.17) is 0 Å². The standard InChI is InChI=1S/Al.Hf.Ni.Pt.3H. The van der Waals surface area contributed by atoms with Gasteiger partial charge in [-0.15, -0.1) is 0 Å². The molecule has 0 amide bonds. The van der Waals surface area contributed by atoms with E-state index in [1.54, 1.807) is 0 Å². The summed E-state index contributed by atoms with van der Waals surface area (Å²) in [6.45, 7) is 0. The van der Waals surface area contributed by atoms with Crippen molar-refractivity contribution < 1.29 is 63.4 Å². The first-order chi connectivity index (χ1) is 0. The Bertz CT molecular complexity index is 8.00. The van der Waals surface area contributed by atoms with E-state index < -0.39 is 0 Å². The van der Waals surface area contributed by atoms with Gasteiger partial charge in [-0.3, -0.25) is 0 Å². The van der Waals surface area contributed by atoms with E-state index in [0.717, 1.165) is 0 Å². The van der Waals surface area contributed by atoms with Crippen LogP contribution in [-0.4, -0.2) is 17.4 Å². The van der Waals surface area contributed by atoms with E-state index in [9.17, 15) is 0 Å². The van der Waals surface area contributed by atoms with Crippen LogP contribution < -0.4 is 0 Å². The van der Waals surface area contributed by atoms with E-state index >= 15 is 0 Å². The average Bonchev–Trinajstić information content (AvgIpc) is 0. The van der Waals surface area contributed by atoms with Gasteiger partial charge in [-0.1, -0.05) is 0 Å². The van der Waals surface area contributed by atoms with E-state index in [0.29, 0.717) is 0 Å². The topological polar surface area (TPSA) is 0 Å². The number of hydrogen-bond acceptors (Lipinski definition) is 0. The molecule has 0 rings (SSSR count). The minimum Gasteiger partial charge on any atom is 0 e. The molecule has 0 fully saturated rings. The Kier molecular flexibility index (Phi) is 135. The zero-order valence-corrected chi connectivity index (χ0v) is 7.98. The molecule has 0 radical (unpaired) electrons. The van der Waals surface area contributed by atoms with Gasteiger partial charge < -0.3 is 0 Å². The fourth-order valence-corrected chi connectivity index (χ4v) is 0.